The number of nitrogens with one attached hydrogen (secondary N) is 1. The maximum absolute atomic E-state index is 7.64. The van der Waals surface area contributed by atoms with Gasteiger partial charge in [-0.15, -0.1) is 0 Å². The van der Waals surface area contributed by atoms with E-state index in [4.69, 9.17) is 11.1 Å². The fraction of sp³-hybridized carbons (Fsp3) is 0.538. The molecule has 96 valence electrons. The number of pyridine rings is 1. The minimum Gasteiger partial charge on any atom is -0.384 e. The van der Waals surface area contributed by atoms with Crippen LogP contribution in [0.5, 0.6) is 0 Å². The third-order valence-corrected chi connectivity index (χ3v) is 3.96. The highest BCUT2D eigenvalue weighted by Gasteiger charge is 2.31. The molecule has 2 fully saturated rings. The van der Waals surface area contributed by atoms with Crippen molar-refractivity contribution >= 4 is 11.7 Å². The quantitative estimate of drug-likeness (QED) is 0.593. The van der Waals surface area contributed by atoms with Crippen molar-refractivity contribution in [2.75, 3.05) is 31.1 Å². The number of amidine groups is 1. The molecule has 2 aliphatic heterocycles. The van der Waals surface area contributed by atoms with Gasteiger partial charge in [-0.2, -0.15) is 0 Å². The smallest absolute Gasteiger partial charge is 0.139 e. The summed E-state index contributed by atoms with van der Waals surface area (Å²) in [6, 6.07) is 4.37. The van der Waals surface area contributed by atoms with Crippen LogP contribution in [0.2, 0.25) is 0 Å². The van der Waals surface area contributed by atoms with Crippen LogP contribution in [0, 0.1) is 5.41 Å². The molecule has 5 heteroatoms. The second-order valence-corrected chi connectivity index (χ2v) is 5.07. The van der Waals surface area contributed by atoms with Crippen LogP contribution in [0.4, 0.5) is 5.82 Å². The lowest BCUT2D eigenvalue weighted by atomic mass is 10.1. The molecule has 1 atom stereocenters. The first-order valence-corrected chi connectivity index (χ1v) is 6.54. The van der Waals surface area contributed by atoms with Gasteiger partial charge in [0.1, 0.15) is 11.7 Å². The zero-order valence-corrected chi connectivity index (χ0v) is 10.5. The molecule has 0 aromatic carbocycles. The maximum Gasteiger partial charge on any atom is 0.139 e. The van der Waals surface area contributed by atoms with Gasteiger partial charge in [0.15, 0.2) is 0 Å². The van der Waals surface area contributed by atoms with E-state index in [0.29, 0.717) is 6.04 Å². The number of rotatable bonds is 2. The number of fused-ring (bicyclic) bond motifs is 1. The second-order valence-electron chi connectivity index (χ2n) is 5.07. The van der Waals surface area contributed by atoms with Gasteiger partial charge >= 0.3 is 0 Å². The summed E-state index contributed by atoms with van der Waals surface area (Å²) in [4.78, 5) is 9.27. The highest BCUT2D eigenvalue weighted by atomic mass is 15.3. The molecule has 3 N–H and O–H groups in total. The summed E-state index contributed by atoms with van der Waals surface area (Å²) in [5, 5.41) is 7.64. The average Bonchev–Trinajstić information content (AvgIpc) is 2.85. The van der Waals surface area contributed by atoms with Crippen molar-refractivity contribution in [1.29, 1.82) is 5.41 Å². The molecule has 3 rings (SSSR count). The van der Waals surface area contributed by atoms with Crippen LogP contribution in [0.3, 0.4) is 0 Å². The lowest BCUT2D eigenvalue weighted by molar-refractivity contribution is 0.230. The Morgan fingerprint density at radius 2 is 2.28 bits per heavy atom. The summed E-state index contributed by atoms with van der Waals surface area (Å²) < 4.78 is 0. The number of hydrogen-bond donors (Lipinski definition) is 2. The van der Waals surface area contributed by atoms with Gasteiger partial charge in [0.2, 0.25) is 0 Å². The van der Waals surface area contributed by atoms with Gasteiger partial charge in [0, 0.05) is 31.9 Å². The molecule has 18 heavy (non-hydrogen) atoms. The summed E-state index contributed by atoms with van der Waals surface area (Å²) in [6.07, 6.45) is 4.36. The molecule has 2 saturated heterocycles. The number of nitrogens with two attached hydrogens (primary N) is 1. The molecule has 0 spiro atoms. The van der Waals surface area contributed by atoms with Crippen LogP contribution in [0.1, 0.15) is 18.4 Å². The van der Waals surface area contributed by atoms with Gasteiger partial charge < -0.3 is 10.6 Å². The first-order valence-electron chi connectivity index (χ1n) is 6.54. The molecule has 3 heterocycles. The zero-order chi connectivity index (χ0) is 12.5. The Labute approximate surface area is 107 Å². The molecule has 0 amide bonds. The van der Waals surface area contributed by atoms with E-state index in [1.54, 1.807) is 6.20 Å². The van der Waals surface area contributed by atoms with Gasteiger partial charge in [-0.3, -0.25) is 10.3 Å². The van der Waals surface area contributed by atoms with Gasteiger partial charge in [-0.1, -0.05) is 0 Å². The second kappa shape index (κ2) is 4.57. The summed E-state index contributed by atoms with van der Waals surface area (Å²) in [6.45, 7) is 4.32. The Morgan fingerprint density at radius 3 is 3.11 bits per heavy atom. The molecular weight excluding hydrogens is 226 g/mol. The Morgan fingerprint density at radius 1 is 1.39 bits per heavy atom. The summed E-state index contributed by atoms with van der Waals surface area (Å²) in [7, 11) is 0. The lowest BCUT2D eigenvalue weighted by Gasteiger charge is -2.38. The molecule has 2 aliphatic rings. The van der Waals surface area contributed by atoms with Crippen molar-refractivity contribution in [3.63, 3.8) is 0 Å². The van der Waals surface area contributed by atoms with E-state index < -0.39 is 0 Å². The third-order valence-electron chi connectivity index (χ3n) is 3.96. The molecule has 0 saturated carbocycles. The van der Waals surface area contributed by atoms with E-state index >= 15 is 0 Å². The number of anilines is 1. The summed E-state index contributed by atoms with van der Waals surface area (Å²) in [5.41, 5.74) is 6.39. The number of hydrogen-bond acceptors (Lipinski definition) is 4. The minimum absolute atomic E-state index is 0.104. The largest absolute Gasteiger partial charge is 0.384 e. The van der Waals surface area contributed by atoms with E-state index in [0.717, 1.165) is 31.0 Å². The summed E-state index contributed by atoms with van der Waals surface area (Å²) in [5.74, 6) is 0.975. The van der Waals surface area contributed by atoms with Gasteiger partial charge in [0.25, 0.3) is 0 Å². The van der Waals surface area contributed by atoms with E-state index in [1.165, 1.54) is 19.4 Å². The normalized spacial score (nSPS) is 24.0. The van der Waals surface area contributed by atoms with E-state index in [1.807, 2.05) is 12.1 Å². The fourth-order valence-electron chi connectivity index (χ4n) is 3.04. The average molecular weight is 245 g/mol. The summed E-state index contributed by atoms with van der Waals surface area (Å²) >= 11 is 0. The van der Waals surface area contributed by atoms with Crippen LogP contribution in [-0.4, -0.2) is 47.9 Å². The van der Waals surface area contributed by atoms with Gasteiger partial charge in [0.05, 0.1) is 5.56 Å². The Bertz CT molecular complexity index is 458. The van der Waals surface area contributed by atoms with Gasteiger partial charge in [-0.25, -0.2) is 4.98 Å². The molecule has 1 aromatic heterocycles. The van der Waals surface area contributed by atoms with Gasteiger partial charge in [-0.05, 0) is 31.5 Å². The molecule has 0 aliphatic carbocycles. The zero-order valence-electron chi connectivity index (χ0n) is 10.5. The lowest BCUT2D eigenvalue weighted by Crippen LogP contribution is -2.50. The number of piperazine rings is 1. The van der Waals surface area contributed by atoms with Crippen molar-refractivity contribution in [2.24, 2.45) is 5.73 Å². The molecule has 1 unspecified atom stereocenters. The number of nitrogens with zero attached hydrogens (tertiary/aromatic N) is 3. The van der Waals surface area contributed by atoms with Crippen LogP contribution >= 0.6 is 0 Å². The highest BCUT2D eigenvalue weighted by molar-refractivity contribution is 5.99. The van der Waals surface area contributed by atoms with Crippen molar-refractivity contribution in [2.45, 2.75) is 18.9 Å². The first-order chi connectivity index (χ1) is 8.75. The maximum atomic E-state index is 7.64. The van der Waals surface area contributed by atoms with Crippen molar-refractivity contribution in [3.05, 3.63) is 23.9 Å². The molecule has 5 nitrogen and oxygen atoms in total. The van der Waals surface area contributed by atoms with Crippen LogP contribution in [0.25, 0.3) is 0 Å². The van der Waals surface area contributed by atoms with E-state index in [9.17, 15) is 0 Å². The fourth-order valence-corrected chi connectivity index (χ4v) is 3.04. The monoisotopic (exact) mass is 245 g/mol. The third kappa shape index (κ3) is 1.95. The van der Waals surface area contributed by atoms with E-state index in [-0.39, 0.29) is 5.84 Å². The molecular formula is C13H19N5. The minimum atomic E-state index is 0.104. The van der Waals surface area contributed by atoms with Crippen LogP contribution in [-0.2, 0) is 0 Å². The Hall–Kier alpha value is -1.62. The number of nitrogen functional groups attached to an aromatic ring is 1. The highest BCUT2D eigenvalue weighted by Crippen LogP contribution is 2.25. The Balaban J connectivity index is 1.85. The molecule has 0 bridgehead atoms. The predicted molar refractivity (Wildman–Crippen MR) is 72.1 cm³/mol. The number of aromatic nitrogens is 1. The first kappa shape index (κ1) is 11.5. The van der Waals surface area contributed by atoms with Crippen molar-refractivity contribution in [1.82, 2.24) is 9.88 Å². The van der Waals surface area contributed by atoms with E-state index in [2.05, 4.69) is 14.8 Å². The van der Waals surface area contributed by atoms with Crippen molar-refractivity contribution < 1.29 is 0 Å². The molecule has 1 aromatic rings. The SMILES string of the molecule is N=C(N)c1cccnc1N1CCN2CCCC2C1. The van der Waals surface area contributed by atoms with Crippen LogP contribution in [0.15, 0.2) is 18.3 Å². The Kier molecular flexibility index (Phi) is 2.91. The predicted octanol–water partition coefficient (Wildman–Crippen LogP) is 0.650. The molecule has 0 radical (unpaired) electrons. The van der Waals surface area contributed by atoms with Crippen molar-refractivity contribution in [3.8, 4) is 0 Å². The standard InChI is InChI=1S/C13H19N5/c14-12(15)11-4-1-5-16-13(11)18-8-7-17-6-2-3-10(17)9-18/h1,4-5,10H,2-3,6-9H2,(H3,14,15). The topological polar surface area (TPSA) is 69.2 Å². The van der Waals surface area contributed by atoms with Crippen LogP contribution < -0.4 is 10.6 Å².